The highest BCUT2D eigenvalue weighted by molar-refractivity contribution is 7.20. The van der Waals surface area contributed by atoms with Crippen LogP contribution in [0.25, 0.3) is 0 Å². The Morgan fingerprint density at radius 3 is 1.44 bits per heavy atom. The molecule has 0 saturated heterocycles. The van der Waals surface area contributed by atoms with E-state index in [0.717, 1.165) is 0 Å². The Morgan fingerprint density at radius 1 is 0.722 bits per heavy atom. The molecule has 1 unspecified atom stereocenters. The molecule has 10 heteroatoms. The van der Waals surface area contributed by atoms with Crippen LogP contribution < -0.4 is 0 Å². The van der Waals surface area contributed by atoms with Crippen molar-refractivity contribution >= 4 is 66.1 Å². The van der Waals surface area contributed by atoms with E-state index in [1.54, 1.807) is 0 Å². The van der Waals surface area contributed by atoms with E-state index < -0.39 is 32.4 Å². The van der Waals surface area contributed by atoms with Gasteiger partial charge in [-0.3, -0.25) is 0 Å². The third-order valence-electron chi connectivity index (χ3n) is 1.68. The topological polar surface area (TPSA) is 27.7 Å². The summed E-state index contributed by atoms with van der Waals surface area (Å²) in [5.74, 6) is 0. The first-order chi connectivity index (χ1) is 7.68. The maximum atomic E-state index is 6.26. The van der Waals surface area contributed by atoms with Gasteiger partial charge in [0.15, 0.2) is 0 Å². The summed E-state index contributed by atoms with van der Waals surface area (Å²) in [4.78, 5) is 0. The van der Waals surface area contributed by atoms with Crippen molar-refractivity contribution in [3.63, 3.8) is 0 Å². The highest BCUT2D eigenvalue weighted by atomic mass is 35.6. The zero-order chi connectivity index (χ0) is 14.8. The molecule has 18 heavy (non-hydrogen) atoms. The lowest BCUT2D eigenvalue weighted by molar-refractivity contribution is 0.336. The van der Waals surface area contributed by atoms with Crippen molar-refractivity contribution in [3.05, 3.63) is 0 Å². The Labute approximate surface area is 129 Å². The molecule has 110 valence electrons. The fraction of sp³-hybridized carbons (Fsp3) is 1.00. The molecular formula is C8H23Cl3O3Si4. The zero-order valence-corrected chi connectivity index (χ0v) is 18.3. The Balaban J connectivity index is 4.66. The van der Waals surface area contributed by atoms with E-state index in [1.165, 1.54) is 0 Å². The van der Waals surface area contributed by atoms with Crippen LogP contribution in [0.3, 0.4) is 0 Å². The molecule has 0 fully saturated rings. The summed E-state index contributed by atoms with van der Waals surface area (Å²) in [6.45, 7) is 13.6. The van der Waals surface area contributed by atoms with Gasteiger partial charge in [0.1, 0.15) is 0 Å². The second-order valence-electron chi connectivity index (χ2n) is 5.70. The molecule has 0 amide bonds. The maximum Gasteiger partial charge on any atom is 0.313 e. The van der Waals surface area contributed by atoms with E-state index in [2.05, 4.69) is 0 Å². The second-order valence-corrected chi connectivity index (χ2v) is 24.9. The molecule has 0 N–H and O–H groups in total. The zero-order valence-electron chi connectivity index (χ0n) is 12.1. The van der Waals surface area contributed by atoms with Crippen LogP contribution in [0.2, 0.25) is 45.8 Å². The summed E-state index contributed by atoms with van der Waals surface area (Å²) < 4.78 is 18.0. The van der Waals surface area contributed by atoms with E-state index in [-0.39, 0.29) is 0 Å². The van der Waals surface area contributed by atoms with Gasteiger partial charge in [-0.05, 0) is 45.8 Å². The first-order valence-electron chi connectivity index (χ1n) is 5.72. The van der Waals surface area contributed by atoms with Gasteiger partial charge in [-0.15, -0.1) is 33.8 Å². The van der Waals surface area contributed by atoms with Crippen molar-refractivity contribution in [1.82, 2.24) is 0 Å². The van der Waals surface area contributed by atoms with Crippen LogP contribution in [-0.2, 0) is 12.3 Å². The van der Waals surface area contributed by atoms with E-state index in [4.69, 9.17) is 46.1 Å². The van der Waals surface area contributed by atoms with Crippen LogP contribution in [-0.4, -0.2) is 37.9 Å². The Bertz CT molecular complexity index is 281. The Hall–Kier alpha value is 1.62. The third-order valence-corrected chi connectivity index (χ3v) is 17.4. The van der Waals surface area contributed by atoms with E-state index in [0.29, 0.717) is 5.50 Å². The van der Waals surface area contributed by atoms with Crippen LogP contribution in [0.4, 0.5) is 0 Å². The van der Waals surface area contributed by atoms with Gasteiger partial charge in [0.05, 0.1) is 5.50 Å². The quantitative estimate of drug-likeness (QED) is 0.367. The Morgan fingerprint density at radius 2 is 1.11 bits per heavy atom. The van der Waals surface area contributed by atoms with Gasteiger partial charge in [-0.2, -0.15) is 0 Å². The average Bonchev–Trinajstić information content (AvgIpc) is 1.93. The minimum absolute atomic E-state index is 0.340. The number of hydrogen-bond acceptors (Lipinski definition) is 3. The molecule has 0 aliphatic carbocycles. The van der Waals surface area contributed by atoms with Crippen molar-refractivity contribution in [1.29, 1.82) is 0 Å². The van der Waals surface area contributed by atoms with Gasteiger partial charge < -0.3 is 12.3 Å². The molecule has 3 nitrogen and oxygen atoms in total. The predicted molar refractivity (Wildman–Crippen MR) is 89.7 cm³/mol. The lowest BCUT2D eigenvalue weighted by atomic mass is 11.9. The van der Waals surface area contributed by atoms with Crippen molar-refractivity contribution in [2.24, 2.45) is 0 Å². The van der Waals surface area contributed by atoms with Crippen LogP contribution in [0, 0.1) is 0 Å². The summed E-state index contributed by atoms with van der Waals surface area (Å²) in [5, 5.41) is 0. The molecule has 1 atom stereocenters. The number of alkyl halides is 1. The largest absolute Gasteiger partial charge is 0.425 e. The highest BCUT2D eigenvalue weighted by Gasteiger charge is 2.43. The highest BCUT2D eigenvalue weighted by Crippen LogP contribution is 2.26. The molecule has 0 aromatic heterocycles. The monoisotopic (exact) mass is 384 g/mol. The van der Waals surface area contributed by atoms with Crippen molar-refractivity contribution < 1.29 is 12.3 Å². The lowest BCUT2D eigenvalue weighted by Crippen LogP contribution is -2.55. The van der Waals surface area contributed by atoms with Crippen molar-refractivity contribution in [3.8, 4) is 0 Å². The predicted octanol–water partition coefficient (Wildman–Crippen LogP) is 4.47. The molecule has 0 bridgehead atoms. The molecule has 0 aliphatic heterocycles. The molecule has 0 heterocycles. The van der Waals surface area contributed by atoms with Crippen LogP contribution >= 0.6 is 33.8 Å². The molecule has 0 radical (unpaired) electrons. The summed E-state index contributed by atoms with van der Waals surface area (Å²) in [6.07, 6.45) is 0. The molecule has 0 aliphatic rings. The minimum atomic E-state index is -2.35. The molecule has 0 aromatic rings. The summed E-state index contributed by atoms with van der Waals surface area (Å²) >= 11 is 18.3. The average molecular weight is 386 g/mol. The molecule has 0 spiro atoms. The van der Waals surface area contributed by atoms with Crippen LogP contribution in [0.15, 0.2) is 0 Å². The van der Waals surface area contributed by atoms with Gasteiger partial charge in [0.2, 0.25) is 0 Å². The first-order valence-corrected chi connectivity index (χ1v) is 19.4. The summed E-state index contributed by atoms with van der Waals surface area (Å²) in [5.41, 5.74) is 0.340. The van der Waals surface area contributed by atoms with E-state index >= 15 is 0 Å². The minimum Gasteiger partial charge on any atom is -0.425 e. The maximum absolute atomic E-state index is 6.26. The molecule has 0 aromatic carbocycles. The first kappa shape index (κ1) is 19.6. The van der Waals surface area contributed by atoms with Gasteiger partial charge in [0, 0.05) is 0 Å². The summed E-state index contributed by atoms with van der Waals surface area (Å²) in [7, 11) is -9.13. The number of rotatable bonds is 7. The fourth-order valence-electron chi connectivity index (χ4n) is 1.76. The number of halogens is 3. The van der Waals surface area contributed by atoms with Crippen LogP contribution in [0.1, 0.15) is 0 Å². The van der Waals surface area contributed by atoms with Gasteiger partial charge in [-0.1, -0.05) is 0 Å². The second kappa shape index (κ2) is 6.59. The SMILES string of the molecule is C[Si](C)(Cl)O[Si](C)(C)O[Si](C)(C)O[Si](C)(Cl)CCl. The molecule has 0 saturated carbocycles. The van der Waals surface area contributed by atoms with E-state index in [1.807, 2.05) is 45.8 Å². The summed E-state index contributed by atoms with van der Waals surface area (Å²) in [6, 6.07) is 0. The molecule has 0 rings (SSSR count). The van der Waals surface area contributed by atoms with Crippen LogP contribution in [0.5, 0.6) is 0 Å². The van der Waals surface area contributed by atoms with Crippen molar-refractivity contribution in [2.75, 3.05) is 5.50 Å². The number of hydrogen-bond donors (Lipinski definition) is 0. The van der Waals surface area contributed by atoms with Gasteiger partial charge in [-0.25, -0.2) is 0 Å². The van der Waals surface area contributed by atoms with Crippen molar-refractivity contribution in [2.45, 2.75) is 45.8 Å². The Kier molecular flexibility index (Phi) is 7.18. The normalized spacial score (nSPS) is 17.7. The third kappa shape index (κ3) is 9.51. The van der Waals surface area contributed by atoms with Gasteiger partial charge in [0.25, 0.3) is 15.3 Å². The van der Waals surface area contributed by atoms with E-state index in [9.17, 15) is 0 Å². The fourth-order valence-corrected chi connectivity index (χ4v) is 20.4. The lowest BCUT2D eigenvalue weighted by Gasteiger charge is -2.38. The standard InChI is InChI=1S/C8H23Cl3O3Si4/c1-15(2,10)12-16(3,4)13-17(5,6)14-18(7,11)8-9/h8H2,1-7H3. The molecular weight excluding hydrogens is 363 g/mol. The van der Waals surface area contributed by atoms with Gasteiger partial charge >= 0.3 is 17.1 Å². The smallest absolute Gasteiger partial charge is 0.313 e.